The predicted molar refractivity (Wildman–Crippen MR) is 119 cm³/mol. The molecule has 0 bridgehead atoms. The number of hydrogen-bond acceptors (Lipinski definition) is 4. The van der Waals surface area contributed by atoms with E-state index in [1.54, 1.807) is 16.8 Å². The molecule has 0 atom stereocenters. The van der Waals surface area contributed by atoms with Crippen LogP contribution in [-0.2, 0) is 6.54 Å². The summed E-state index contributed by atoms with van der Waals surface area (Å²) >= 11 is 0. The third kappa shape index (κ3) is 5.29. The lowest BCUT2D eigenvalue weighted by Gasteiger charge is -2.41. The molecule has 0 radical (unpaired) electrons. The number of likely N-dealkylation sites (tertiary alicyclic amines) is 2. The summed E-state index contributed by atoms with van der Waals surface area (Å²) in [6.45, 7) is 10.3. The van der Waals surface area contributed by atoms with Crippen LogP contribution >= 0.6 is 0 Å². The molecule has 0 aliphatic carbocycles. The van der Waals surface area contributed by atoms with E-state index >= 15 is 0 Å². The Bertz CT molecular complexity index is 790. The van der Waals surface area contributed by atoms with Gasteiger partial charge in [-0.05, 0) is 83.5 Å². The topological polar surface area (TPSA) is 27.5 Å². The van der Waals surface area contributed by atoms with Crippen molar-refractivity contribution >= 4 is 0 Å². The third-order valence-corrected chi connectivity index (χ3v) is 6.96. The Balaban J connectivity index is 1.27. The lowest BCUT2D eigenvalue weighted by Crippen LogP contribution is -2.47. The van der Waals surface area contributed by atoms with Crippen LogP contribution in [-0.4, -0.2) is 76.8 Å². The molecule has 2 aliphatic rings. The van der Waals surface area contributed by atoms with Crippen molar-refractivity contribution in [3.05, 3.63) is 48.0 Å². The third-order valence-electron chi connectivity index (χ3n) is 6.96. The van der Waals surface area contributed by atoms with Crippen molar-refractivity contribution in [2.24, 2.45) is 5.92 Å². The standard InChI is InChI=1S/C24H36FN5/c1-3-28(18-21-16-26-30(19-21)24-7-5-4-6-23(24)25)17-20-8-14-29(15-9-20)22-10-12-27(2)13-11-22/h4-7,16,19-20,22H,3,8-15,17-18H2,1-2H3. The first-order valence-electron chi connectivity index (χ1n) is 11.6. The number of rotatable bonds is 7. The monoisotopic (exact) mass is 413 g/mol. The molecule has 0 amide bonds. The first-order chi connectivity index (χ1) is 14.6. The van der Waals surface area contributed by atoms with Gasteiger partial charge in [-0.3, -0.25) is 4.90 Å². The van der Waals surface area contributed by atoms with Gasteiger partial charge in [0.1, 0.15) is 11.5 Å². The molecule has 2 aromatic rings. The average molecular weight is 414 g/mol. The maximum Gasteiger partial charge on any atom is 0.148 e. The molecule has 4 rings (SSSR count). The zero-order valence-corrected chi connectivity index (χ0v) is 18.5. The van der Waals surface area contributed by atoms with Gasteiger partial charge in [-0.15, -0.1) is 0 Å². The summed E-state index contributed by atoms with van der Waals surface area (Å²) in [6, 6.07) is 7.60. The Kier molecular flexibility index (Phi) is 7.18. The molecular formula is C24H36FN5. The van der Waals surface area contributed by atoms with Crippen molar-refractivity contribution in [3.63, 3.8) is 0 Å². The molecule has 1 aromatic carbocycles. The van der Waals surface area contributed by atoms with Crippen LogP contribution < -0.4 is 0 Å². The van der Waals surface area contributed by atoms with Gasteiger partial charge < -0.3 is 9.80 Å². The second-order valence-electron chi connectivity index (χ2n) is 9.09. The second kappa shape index (κ2) is 10.0. The summed E-state index contributed by atoms with van der Waals surface area (Å²) in [6.07, 6.45) is 9.10. The number of para-hydroxylation sites is 1. The summed E-state index contributed by atoms with van der Waals surface area (Å²) in [5, 5.41) is 4.39. The highest BCUT2D eigenvalue weighted by Gasteiger charge is 2.28. The smallest absolute Gasteiger partial charge is 0.148 e. The van der Waals surface area contributed by atoms with Gasteiger partial charge in [0.15, 0.2) is 0 Å². The van der Waals surface area contributed by atoms with Crippen molar-refractivity contribution in [2.75, 3.05) is 46.3 Å². The van der Waals surface area contributed by atoms with Crippen LogP contribution in [0.25, 0.3) is 5.69 Å². The first-order valence-corrected chi connectivity index (χ1v) is 11.6. The fraction of sp³-hybridized carbons (Fsp3) is 0.625. The van der Waals surface area contributed by atoms with Crippen molar-refractivity contribution in [3.8, 4) is 5.69 Å². The van der Waals surface area contributed by atoms with Crippen LogP contribution in [0.5, 0.6) is 0 Å². The number of benzene rings is 1. The van der Waals surface area contributed by atoms with Crippen molar-refractivity contribution in [1.82, 2.24) is 24.5 Å². The Labute approximate surface area is 180 Å². The zero-order valence-electron chi connectivity index (χ0n) is 18.5. The minimum Gasteiger partial charge on any atom is -0.306 e. The van der Waals surface area contributed by atoms with Crippen molar-refractivity contribution in [2.45, 2.75) is 45.2 Å². The Morgan fingerprint density at radius 1 is 1.07 bits per heavy atom. The van der Waals surface area contributed by atoms with Gasteiger partial charge in [-0.2, -0.15) is 5.10 Å². The van der Waals surface area contributed by atoms with E-state index in [0.717, 1.165) is 37.2 Å². The maximum atomic E-state index is 14.0. The van der Waals surface area contributed by atoms with E-state index < -0.39 is 0 Å². The molecule has 30 heavy (non-hydrogen) atoms. The van der Waals surface area contributed by atoms with E-state index in [2.05, 4.69) is 33.8 Å². The van der Waals surface area contributed by atoms with Crippen LogP contribution in [0.15, 0.2) is 36.7 Å². The number of aromatic nitrogens is 2. The number of piperidine rings is 2. The Morgan fingerprint density at radius 3 is 2.50 bits per heavy atom. The van der Waals surface area contributed by atoms with Gasteiger partial charge in [0.05, 0.1) is 6.20 Å². The van der Waals surface area contributed by atoms with Crippen molar-refractivity contribution < 1.29 is 4.39 Å². The average Bonchev–Trinajstić information content (AvgIpc) is 3.23. The van der Waals surface area contributed by atoms with Gasteiger partial charge in [-0.25, -0.2) is 9.07 Å². The van der Waals surface area contributed by atoms with Crippen LogP contribution in [0.1, 0.15) is 38.2 Å². The van der Waals surface area contributed by atoms with E-state index in [4.69, 9.17) is 0 Å². The van der Waals surface area contributed by atoms with E-state index in [9.17, 15) is 4.39 Å². The summed E-state index contributed by atoms with van der Waals surface area (Å²) < 4.78 is 15.7. The van der Waals surface area contributed by atoms with Gasteiger partial charge >= 0.3 is 0 Å². The van der Waals surface area contributed by atoms with Crippen LogP contribution in [0, 0.1) is 11.7 Å². The SMILES string of the molecule is CCN(Cc1cnn(-c2ccccc2F)c1)CC1CCN(C2CCN(C)CC2)CC1. The van der Waals surface area contributed by atoms with Gasteiger partial charge in [-0.1, -0.05) is 19.1 Å². The van der Waals surface area contributed by atoms with Gasteiger partial charge in [0, 0.05) is 30.9 Å². The molecule has 1 aromatic heterocycles. The first kappa shape index (κ1) is 21.5. The molecule has 0 saturated carbocycles. The molecule has 2 fully saturated rings. The summed E-state index contributed by atoms with van der Waals surface area (Å²) in [5.74, 6) is 0.532. The largest absolute Gasteiger partial charge is 0.306 e. The van der Waals surface area contributed by atoms with E-state index in [1.807, 2.05) is 18.5 Å². The highest BCUT2D eigenvalue weighted by molar-refractivity contribution is 5.32. The molecule has 2 saturated heterocycles. The van der Waals surface area contributed by atoms with E-state index in [-0.39, 0.29) is 5.82 Å². The normalized spacial score (nSPS) is 20.3. The minimum atomic E-state index is -0.240. The summed E-state index contributed by atoms with van der Waals surface area (Å²) in [5.41, 5.74) is 1.65. The van der Waals surface area contributed by atoms with Crippen molar-refractivity contribution in [1.29, 1.82) is 0 Å². The molecule has 6 heteroatoms. The Morgan fingerprint density at radius 2 is 1.80 bits per heavy atom. The molecule has 164 valence electrons. The highest BCUT2D eigenvalue weighted by Crippen LogP contribution is 2.25. The number of hydrogen-bond donors (Lipinski definition) is 0. The highest BCUT2D eigenvalue weighted by atomic mass is 19.1. The van der Waals surface area contributed by atoms with E-state index in [1.165, 1.54) is 57.9 Å². The Hall–Kier alpha value is -1.76. The fourth-order valence-electron chi connectivity index (χ4n) is 5.00. The van der Waals surface area contributed by atoms with Gasteiger partial charge in [0.25, 0.3) is 0 Å². The summed E-state index contributed by atoms with van der Waals surface area (Å²) in [4.78, 5) is 7.72. The lowest BCUT2D eigenvalue weighted by molar-refractivity contribution is 0.0746. The molecular weight excluding hydrogens is 377 g/mol. The van der Waals surface area contributed by atoms with Crippen LogP contribution in [0.4, 0.5) is 4.39 Å². The fourth-order valence-corrected chi connectivity index (χ4v) is 5.00. The van der Waals surface area contributed by atoms with E-state index in [0.29, 0.717) is 5.69 Å². The van der Waals surface area contributed by atoms with Crippen LogP contribution in [0.3, 0.4) is 0 Å². The quantitative estimate of drug-likeness (QED) is 0.693. The molecule has 2 aliphatic heterocycles. The number of halogens is 1. The second-order valence-corrected chi connectivity index (χ2v) is 9.09. The predicted octanol–water partition coefficient (Wildman–Crippen LogP) is 3.64. The minimum absolute atomic E-state index is 0.240. The maximum absolute atomic E-state index is 14.0. The molecule has 0 N–H and O–H groups in total. The number of nitrogens with zero attached hydrogens (tertiary/aromatic N) is 5. The van der Waals surface area contributed by atoms with Crippen LogP contribution in [0.2, 0.25) is 0 Å². The van der Waals surface area contributed by atoms with Gasteiger partial charge in [0.2, 0.25) is 0 Å². The molecule has 5 nitrogen and oxygen atoms in total. The zero-order chi connectivity index (χ0) is 20.9. The summed E-state index contributed by atoms with van der Waals surface area (Å²) in [7, 11) is 2.24. The lowest BCUT2D eigenvalue weighted by atomic mass is 9.93. The molecule has 0 spiro atoms. The molecule has 3 heterocycles. The molecule has 0 unspecified atom stereocenters.